The van der Waals surface area contributed by atoms with E-state index in [1.807, 2.05) is 0 Å². The van der Waals surface area contributed by atoms with E-state index in [-0.39, 0.29) is 6.10 Å². The number of unbranched alkanes of at least 4 members (excludes halogenated alkanes) is 3. The van der Waals surface area contributed by atoms with Crippen LogP contribution in [-0.4, -0.2) is 37.5 Å². The highest BCUT2D eigenvalue weighted by molar-refractivity contribution is 4.73. The number of ether oxygens (including phenoxy) is 1. The van der Waals surface area contributed by atoms with Crippen LogP contribution in [0.3, 0.4) is 0 Å². The van der Waals surface area contributed by atoms with E-state index in [1.54, 1.807) is 0 Å². The molecule has 3 heteroatoms. The molecule has 0 heterocycles. The molecular formula is C14H29NO2. The summed E-state index contributed by atoms with van der Waals surface area (Å²) in [6.45, 7) is 5.18. The van der Waals surface area contributed by atoms with Crippen LogP contribution in [0.15, 0.2) is 0 Å². The van der Waals surface area contributed by atoms with Crippen molar-refractivity contribution >= 4 is 0 Å². The van der Waals surface area contributed by atoms with Crippen molar-refractivity contribution in [3.05, 3.63) is 0 Å². The van der Waals surface area contributed by atoms with Gasteiger partial charge in [-0.1, -0.05) is 39.0 Å². The highest BCUT2D eigenvalue weighted by atomic mass is 16.5. The molecule has 0 spiro atoms. The van der Waals surface area contributed by atoms with Crippen molar-refractivity contribution in [1.82, 2.24) is 5.32 Å². The number of aliphatic hydroxyl groups excluding tert-OH is 1. The van der Waals surface area contributed by atoms with Crippen molar-refractivity contribution in [3.63, 3.8) is 0 Å². The van der Waals surface area contributed by atoms with Crippen molar-refractivity contribution in [2.45, 2.75) is 58.0 Å². The summed E-state index contributed by atoms with van der Waals surface area (Å²) in [6, 6.07) is 0. The molecular weight excluding hydrogens is 214 g/mol. The van der Waals surface area contributed by atoms with Gasteiger partial charge in [0.15, 0.2) is 0 Å². The molecule has 0 saturated heterocycles. The van der Waals surface area contributed by atoms with E-state index >= 15 is 0 Å². The molecule has 1 aliphatic carbocycles. The van der Waals surface area contributed by atoms with Crippen molar-refractivity contribution < 1.29 is 9.84 Å². The summed E-state index contributed by atoms with van der Waals surface area (Å²) < 4.78 is 5.44. The number of hydrogen-bond donors (Lipinski definition) is 2. The molecule has 1 aliphatic rings. The van der Waals surface area contributed by atoms with E-state index in [9.17, 15) is 5.11 Å². The lowest BCUT2D eigenvalue weighted by atomic mass is 10.2. The lowest BCUT2D eigenvalue weighted by Gasteiger charge is -2.12. The summed E-state index contributed by atoms with van der Waals surface area (Å²) in [5.74, 6) is 0.967. The fourth-order valence-electron chi connectivity index (χ4n) is 1.89. The molecule has 2 N–H and O–H groups in total. The van der Waals surface area contributed by atoms with Crippen molar-refractivity contribution in [2.24, 2.45) is 5.92 Å². The molecule has 102 valence electrons. The molecule has 17 heavy (non-hydrogen) atoms. The highest BCUT2D eigenvalue weighted by Gasteiger charge is 2.20. The Balaban J connectivity index is 1.75. The third kappa shape index (κ3) is 9.57. The summed E-state index contributed by atoms with van der Waals surface area (Å²) in [6.07, 6.45) is 8.64. The second-order valence-electron chi connectivity index (χ2n) is 5.23. The fraction of sp³-hybridized carbons (Fsp3) is 1.00. The summed E-state index contributed by atoms with van der Waals surface area (Å²) in [5.41, 5.74) is 0. The van der Waals surface area contributed by atoms with Crippen LogP contribution in [0, 0.1) is 5.92 Å². The zero-order valence-corrected chi connectivity index (χ0v) is 11.3. The Morgan fingerprint density at radius 3 is 2.82 bits per heavy atom. The molecule has 1 saturated carbocycles. The molecule has 0 aromatic rings. The summed E-state index contributed by atoms with van der Waals surface area (Å²) in [4.78, 5) is 0. The van der Waals surface area contributed by atoms with Crippen LogP contribution in [-0.2, 0) is 4.74 Å². The molecule has 1 rings (SSSR count). The fourth-order valence-corrected chi connectivity index (χ4v) is 1.89. The SMILES string of the molecule is CCCCCCOCC(O)CNCCC1CC1. The standard InChI is InChI=1S/C14H29NO2/c1-2-3-4-5-10-17-12-14(16)11-15-9-8-13-6-7-13/h13-16H,2-12H2,1H3. The van der Waals surface area contributed by atoms with Crippen LogP contribution in [0.2, 0.25) is 0 Å². The minimum Gasteiger partial charge on any atom is -0.389 e. The highest BCUT2D eigenvalue weighted by Crippen LogP contribution is 2.31. The molecule has 1 fully saturated rings. The minimum atomic E-state index is -0.347. The van der Waals surface area contributed by atoms with Gasteiger partial charge in [-0.15, -0.1) is 0 Å². The molecule has 1 atom stereocenters. The van der Waals surface area contributed by atoms with Gasteiger partial charge in [-0.2, -0.15) is 0 Å². The van der Waals surface area contributed by atoms with Crippen LogP contribution in [0.25, 0.3) is 0 Å². The van der Waals surface area contributed by atoms with Crippen LogP contribution in [0.1, 0.15) is 51.9 Å². The zero-order valence-electron chi connectivity index (χ0n) is 11.3. The smallest absolute Gasteiger partial charge is 0.0897 e. The second kappa shape index (κ2) is 9.86. The molecule has 0 amide bonds. The summed E-state index contributed by atoms with van der Waals surface area (Å²) in [5, 5.41) is 12.9. The lowest BCUT2D eigenvalue weighted by molar-refractivity contribution is 0.0355. The first kappa shape index (κ1) is 14.9. The quantitative estimate of drug-likeness (QED) is 0.517. The molecule has 3 nitrogen and oxygen atoms in total. The van der Waals surface area contributed by atoms with Gasteiger partial charge < -0.3 is 15.2 Å². The number of rotatable bonds is 12. The van der Waals surface area contributed by atoms with Crippen LogP contribution >= 0.6 is 0 Å². The summed E-state index contributed by atoms with van der Waals surface area (Å²) >= 11 is 0. The van der Waals surface area contributed by atoms with Gasteiger partial charge in [0.2, 0.25) is 0 Å². The molecule has 0 aromatic carbocycles. The van der Waals surface area contributed by atoms with E-state index in [0.717, 1.165) is 25.5 Å². The number of aliphatic hydroxyl groups is 1. The lowest BCUT2D eigenvalue weighted by Crippen LogP contribution is -2.31. The van der Waals surface area contributed by atoms with E-state index in [1.165, 1.54) is 38.5 Å². The first-order valence-corrected chi connectivity index (χ1v) is 7.29. The van der Waals surface area contributed by atoms with Gasteiger partial charge >= 0.3 is 0 Å². The normalized spacial score (nSPS) is 17.3. The maximum absolute atomic E-state index is 9.65. The third-order valence-electron chi connectivity index (χ3n) is 3.26. The third-order valence-corrected chi connectivity index (χ3v) is 3.26. The van der Waals surface area contributed by atoms with Crippen LogP contribution in [0.5, 0.6) is 0 Å². The zero-order chi connectivity index (χ0) is 12.3. The Morgan fingerprint density at radius 1 is 1.29 bits per heavy atom. The van der Waals surface area contributed by atoms with Crippen molar-refractivity contribution in [2.75, 3.05) is 26.3 Å². The van der Waals surface area contributed by atoms with Gasteiger partial charge in [0.25, 0.3) is 0 Å². The van der Waals surface area contributed by atoms with E-state index < -0.39 is 0 Å². The predicted molar refractivity (Wildman–Crippen MR) is 71.2 cm³/mol. The Morgan fingerprint density at radius 2 is 2.12 bits per heavy atom. The average Bonchev–Trinajstić information content (AvgIpc) is 3.13. The first-order chi connectivity index (χ1) is 8.33. The van der Waals surface area contributed by atoms with Gasteiger partial charge in [0.05, 0.1) is 12.7 Å². The van der Waals surface area contributed by atoms with Crippen LogP contribution < -0.4 is 5.32 Å². The maximum atomic E-state index is 9.65. The Kier molecular flexibility index (Phi) is 8.67. The predicted octanol–water partition coefficient (Wildman–Crippen LogP) is 2.33. The van der Waals surface area contributed by atoms with Gasteiger partial charge in [-0.05, 0) is 25.3 Å². The molecule has 0 aromatic heterocycles. The van der Waals surface area contributed by atoms with E-state index in [4.69, 9.17) is 4.74 Å². The van der Waals surface area contributed by atoms with Crippen LogP contribution in [0.4, 0.5) is 0 Å². The topological polar surface area (TPSA) is 41.5 Å². The first-order valence-electron chi connectivity index (χ1n) is 7.29. The second-order valence-corrected chi connectivity index (χ2v) is 5.23. The molecule has 0 aliphatic heterocycles. The molecule has 0 bridgehead atoms. The average molecular weight is 243 g/mol. The monoisotopic (exact) mass is 243 g/mol. The van der Waals surface area contributed by atoms with Crippen molar-refractivity contribution in [1.29, 1.82) is 0 Å². The molecule has 1 unspecified atom stereocenters. The number of nitrogens with one attached hydrogen (secondary N) is 1. The van der Waals surface area contributed by atoms with Gasteiger partial charge in [-0.3, -0.25) is 0 Å². The van der Waals surface area contributed by atoms with E-state index in [0.29, 0.717) is 13.2 Å². The van der Waals surface area contributed by atoms with E-state index in [2.05, 4.69) is 12.2 Å². The minimum absolute atomic E-state index is 0.347. The Labute approximate surface area is 106 Å². The molecule has 0 radical (unpaired) electrons. The van der Waals surface area contributed by atoms with Gasteiger partial charge in [-0.25, -0.2) is 0 Å². The maximum Gasteiger partial charge on any atom is 0.0897 e. The summed E-state index contributed by atoms with van der Waals surface area (Å²) in [7, 11) is 0. The Bertz CT molecular complexity index is 172. The van der Waals surface area contributed by atoms with Crippen molar-refractivity contribution in [3.8, 4) is 0 Å². The van der Waals surface area contributed by atoms with Gasteiger partial charge in [0.1, 0.15) is 0 Å². The number of hydrogen-bond acceptors (Lipinski definition) is 3. The Hall–Kier alpha value is -0.120. The van der Waals surface area contributed by atoms with Gasteiger partial charge in [0, 0.05) is 13.2 Å². The largest absolute Gasteiger partial charge is 0.389 e.